The van der Waals surface area contributed by atoms with Crippen LogP contribution in [-0.4, -0.2) is 5.78 Å². The molecule has 0 aliphatic heterocycles. The molecule has 0 amide bonds. The van der Waals surface area contributed by atoms with Gasteiger partial charge in [-0.1, -0.05) is 55.8 Å². The zero-order valence-corrected chi connectivity index (χ0v) is 10.9. The Bertz CT molecular complexity index is 440. The van der Waals surface area contributed by atoms with E-state index >= 15 is 0 Å². The molecule has 90 valence electrons. The zero-order valence-electron chi connectivity index (χ0n) is 10.9. The summed E-state index contributed by atoms with van der Waals surface area (Å²) in [4.78, 5) is 11.6. The molecule has 0 spiro atoms. The number of hydrogen-bond acceptors (Lipinski definition) is 1. The van der Waals surface area contributed by atoms with E-state index in [0.29, 0.717) is 18.1 Å². The molecule has 1 nitrogen and oxygen atoms in total. The summed E-state index contributed by atoms with van der Waals surface area (Å²) in [5, 5.41) is 0. The van der Waals surface area contributed by atoms with Crippen LogP contribution in [0.3, 0.4) is 0 Å². The van der Waals surface area contributed by atoms with E-state index in [1.165, 1.54) is 11.1 Å². The summed E-state index contributed by atoms with van der Waals surface area (Å²) >= 11 is 0. The van der Waals surface area contributed by atoms with E-state index < -0.39 is 0 Å². The molecule has 1 aliphatic carbocycles. The molecule has 0 radical (unpaired) electrons. The molecular formula is C16H20O. The summed E-state index contributed by atoms with van der Waals surface area (Å²) in [5.41, 5.74) is 2.67. The quantitative estimate of drug-likeness (QED) is 0.745. The van der Waals surface area contributed by atoms with Crippen molar-refractivity contribution >= 4 is 11.9 Å². The Morgan fingerprint density at radius 3 is 2.47 bits per heavy atom. The van der Waals surface area contributed by atoms with Crippen LogP contribution in [-0.2, 0) is 4.79 Å². The van der Waals surface area contributed by atoms with Crippen molar-refractivity contribution < 1.29 is 4.79 Å². The second-order valence-corrected chi connectivity index (χ2v) is 5.76. The van der Waals surface area contributed by atoms with Crippen molar-refractivity contribution in [3.8, 4) is 0 Å². The lowest BCUT2D eigenvalue weighted by Crippen LogP contribution is -2.18. The van der Waals surface area contributed by atoms with E-state index in [-0.39, 0.29) is 5.41 Å². The maximum Gasteiger partial charge on any atom is 0.134 e. The molecule has 1 aromatic carbocycles. The Balaban J connectivity index is 2.23. The van der Waals surface area contributed by atoms with Crippen molar-refractivity contribution in [2.45, 2.75) is 33.6 Å². The first-order valence-electron chi connectivity index (χ1n) is 6.24. The molecule has 1 aliphatic rings. The van der Waals surface area contributed by atoms with Crippen LogP contribution in [0.4, 0.5) is 0 Å². The van der Waals surface area contributed by atoms with Gasteiger partial charge in [0.25, 0.3) is 0 Å². The van der Waals surface area contributed by atoms with Gasteiger partial charge in [-0.2, -0.15) is 0 Å². The number of hydrogen-bond donors (Lipinski definition) is 0. The predicted molar refractivity (Wildman–Crippen MR) is 71.6 cm³/mol. The molecular weight excluding hydrogens is 208 g/mol. The molecule has 0 heterocycles. The molecule has 1 heteroatoms. The summed E-state index contributed by atoms with van der Waals surface area (Å²) in [6.45, 7) is 6.55. The van der Waals surface area contributed by atoms with Gasteiger partial charge in [0.1, 0.15) is 5.78 Å². The highest BCUT2D eigenvalue weighted by molar-refractivity contribution is 5.82. The first-order valence-corrected chi connectivity index (χ1v) is 6.24. The lowest BCUT2D eigenvalue weighted by atomic mass is 9.77. The monoisotopic (exact) mass is 228 g/mol. The minimum absolute atomic E-state index is 0.118. The average Bonchev–Trinajstić information content (AvgIpc) is 2.53. The second kappa shape index (κ2) is 4.48. The first kappa shape index (κ1) is 12.1. The minimum Gasteiger partial charge on any atom is -0.300 e. The second-order valence-electron chi connectivity index (χ2n) is 5.76. The van der Waals surface area contributed by atoms with Crippen LogP contribution in [0.25, 0.3) is 6.08 Å². The summed E-state index contributed by atoms with van der Waals surface area (Å²) < 4.78 is 0. The summed E-state index contributed by atoms with van der Waals surface area (Å²) in [6.07, 6.45) is 3.64. The van der Waals surface area contributed by atoms with Gasteiger partial charge in [-0.05, 0) is 23.8 Å². The topological polar surface area (TPSA) is 17.1 Å². The van der Waals surface area contributed by atoms with Gasteiger partial charge in [-0.25, -0.2) is 0 Å². The van der Waals surface area contributed by atoms with Gasteiger partial charge in [0.15, 0.2) is 0 Å². The fourth-order valence-electron chi connectivity index (χ4n) is 2.90. The predicted octanol–water partition coefficient (Wildman–Crippen LogP) is 4.10. The van der Waals surface area contributed by atoms with E-state index in [0.717, 1.165) is 6.42 Å². The fourth-order valence-corrected chi connectivity index (χ4v) is 2.90. The molecule has 1 atom stereocenters. The molecule has 17 heavy (non-hydrogen) atoms. The third-order valence-electron chi connectivity index (χ3n) is 3.77. The SMILES string of the molecule is C/C(=C\c1ccccc1)C1CC(=O)CC1(C)C. The molecule has 1 saturated carbocycles. The summed E-state index contributed by atoms with van der Waals surface area (Å²) in [6, 6.07) is 10.3. The van der Waals surface area contributed by atoms with E-state index in [2.05, 4.69) is 39.0 Å². The van der Waals surface area contributed by atoms with E-state index in [1.807, 2.05) is 18.2 Å². The number of ketones is 1. The lowest BCUT2D eigenvalue weighted by molar-refractivity contribution is -0.117. The van der Waals surface area contributed by atoms with E-state index in [9.17, 15) is 4.79 Å². The Morgan fingerprint density at radius 1 is 1.29 bits per heavy atom. The third-order valence-corrected chi connectivity index (χ3v) is 3.77. The Labute approximate surface area is 104 Å². The van der Waals surface area contributed by atoms with Crippen molar-refractivity contribution in [2.75, 3.05) is 0 Å². The Hall–Kier alpha value is -1.37. The largest absolute Gasteiger partial charge is 0.300 e. The minimum atomic E-state index is 0.118. The van der Waals surface area contributed by atoms with Crippen LogP contribution in [0.15, 0.2) is 35.9 Å². The maximum atomic E-state index is 11.6. The molecule has 1 aromatic rings. The van der Waals surface area contributed by atoms with Crippen LogP contribution in [0.5, 0.6) is 0 Å². The number of rotatable bonds is 2. The molecule has 0 N–H and O–H groups in total. The lowest BCUT2D eigenvalue weighted by Gasteiger charge is -2.26. The molecule has 0 saturated heterocycles. The van der Waals surface area contributed by atoms with Gasteiger partial charge in [0.05, 0.1) is 0 Å². The van der Waals surface area contributed by atoms with Gasteiger partial charge in [-0.15, -0.1) is 0 Å². The molecule has 0 aromatic heterocycles. The molecule has 0 bridgehead atoms. The van der Waals surface area contributed by atoms with Crippen LogP contribution >= 0.6 is 0 Å². The van der Waals surface area contributed by atoms with Crippen LogP contribution in [0.1, 0.15) is 39.2 Å². The molecule has 1 unspecified atom stereocenters. The zero-order chi connectivity index (χ0) is 12.5. The third kappa shape index (κ3) is 2.66. The average molecular weight is 228 g/mol. The molecule has 2 rings (SSSR count). The van der Waals surface area contributed by atoms with Crippen molar-refractivity contribution in [3.63, 3.8) is 0 Å². The van der Waals surface area contributed by atoms with Crippen molar-refractivity contribution in [3.05, 3.63) is 41.5 Å². The number of Topliss-reactive ketones (excluding diaryl/α,β-unsaturated/α-hetero) is 1. The summed E-state index contributed by atoms with van der Waals surface area (Å²) in [7, 11) is 0. The summed E-state index contributed by atoms with van der Waals surface area (Å²) in [5.74, 6) is 0.802. The first-order chi connectivity index (χ1) is 7.99. The number of allylic oxidation sites excluding steroid dienone is 1. The highest BCUT2D eigenvalue weighted by Crippen LogP contribution is 2.44. The number of carbonyl (C=O) groups is 1. The smallest absolute Gasteiger partial charge is 0.134 e. The van der Waals surface area contributed by atoms with E-state index in [4.69, 9.17) is 0 Å². The Kier molecular flexibility index (Phi) is 3.19. The Morgan fingerprint density at radius 2 is 1.94 bits per heavy atom. The van der Waals surface area contributed by atoms with Gasteiger partial charge in [0, 0.05) is 12.8 Å². The van der Waals surface area contributed by atoms with Crippen LogP contribution in [0, 0.1) is 11.3 Å². The van der Waals surface area contributed by atoms with Crippen molar-refractivity contribution in [1.82, 2.24) is 0 Å². The number of carbonyl (C=O) groups excluding carboxylic acids is 1. The van der Waals surface area contributed by atoms with Crippen LogP contribution in [0.2, 0.25) is 0 Å². The van der Waals surface area contributed by atoms with Crippen LogP contribution < -0.4 is 0 Å². The van der Waals surface area contributed by atoms with Gasteiger partial charge < -0.3 is 0 Å². The normalized spacial score (nSPS) is 24.1. The standard InChI is InChI=1S/C16H20O/c1-12(9-13-7-5-4-6-8-13)15-10-14(17)11-16(15,2)3/h4-9,15H,10-11H2,1-3H3/b12-9+. The van der Waals surface area contributed by atoms with Crippen molar-refractivity contribution in [1.29, 1.82) is 0 Å². The fraction of sp³-hybridized carbons (Fsp3) is 0.438. The maximum absolute atomic E-state index is 11.6. The highest BCUT2D eigenvalue weighted by atomic mass is 16.1. The number of benzene rings is 1. The van der Waals surface area contributed by atoms with E-state index in [1.54, 1.807) is 0 Å². The van der Waals surface area contributed by atoms with Gasteiger partial charge in [0.2, 0.25) is 0 Å². The molecule has 1 fully saturated rings. The highest BCUT2D eigenvalue weighted by Gasteiger charge is 2.40. The van der Waals surface area contributed by atoms with Gasteiger partial charge >= 0.3 is 0 Å². The van der Waals surface area contributed by atoms with Gasteiger partial charge in [-0.3, -0.25) is 4.79 Å². The van der Waals surface area contributed by atoms with Crippen molar-refractivity contribution in [2.24, 2.45) is 11.3 Å².